The highest BCUT2D eigenvalue weighted by atomic mass is 32.1. The fourth-order valence-corrected chi connectivity index (χ4v) is 6.16. The normalized spacial score (nSPS) is 16.0. The summed E-state index contributed by atoms with van der Waals surface area (Å²) < 4.78 is 6.26. The summed E-state index contributed by atoms with van der Waals surface area (Å²) in [5, 5.41) is 4.00. The Kier molecular flexibility index (Phi) is 8.29. The van der Waals surface area contributed by atoms with Gasteiger partial charge in [-0.25, -0.2) is 0 Å². The number of amides is 2. The number of rotatable bonds is 9. The van der Waals surface area contributed by atoms with Crippen LogP contribution in [0.1, 0.15) is 57.5 Å². The van der Waals surface area contributed by atoms with Gasteiger partial charge in [0, 0.05) is 18.0 Å². The predicted molar refractivity (Wildman–Crippen MR) is 144 cm³/mol. The summed E-state index contributed by atoms with van der Waals surface area (Å²) in [4.78, 5) is 32.6. The van der Waals surface area contributed by atoms with E-state index in [1.54, 1.807) is 16.2 Å². The Balaban J connectivity index is 1.54. The van der Waals surface area contributed by atoms with Crippen molar-refractivity contribution in [2.24, 2.45) is 5.92 Å². The monoisotopic (exact) mass is 510 g/mol. The second-order valence-corrected chi connectivity index (χ2v) is 11.4. The summed E-state index contributed by atoms with van der Waals surface area (Å²) in [5.41, 5.74) is 3.45. The SMILES string of the molecule is CCC(C)CN(CC(=O)N1CCc2sccc2C1COc1ccc(C)cc1C)C(=O)c1cccs1. The topological polar surface area (TPSA) is 49.9 Å². The molecule has 7 heteroatoms. The standard InChI is InChI=1S/C28H34N2O3S2/c1-5-19(2)16-29(28(32)26-7-6-13-34-26)17-27(31)30-12-10-25-22(11-14-35-25)23(30)18-33-24-9-8-20(3)15-21(24)4/h6-9,11,13-15,19,23H,5,10,12,16-18H2,1-4H3. The van der Waals surface area contributed by atoms with Gasteiger partial charge in [-0.3, -0.25) is 9.59 Å². The zero-order chi connectivity index (χ0) is 24.9. The van der Waals surface area contributed by atoms with Crippen molar-refractivity contribution in [3.8, 4) is 5.75 Å². The van der Waals surface area contributed by atoms with Crippen LogP contribution in [0.3, 0.4) is 0 Å². The Morgan fingerprint density at radius 1 is 1.17 bits per heavy atom. The van der Waals surface area contributed by atoms with Gasteiger partial charge in [0.2, 0.25) is 5.91 Å². The van der Waals surface area contributed by atoms with Crippen LogP contribution in [0.5, 0.6) is 5.75 Å². The third-order valence-corrected chi connectivity index (χ3v) is 8.57. The first-order valence-corrected chi connectivity index (χ1v) is 14.0. The van der Waals surface area contributed by atoms with E-state index in [4.69, 9.17) is 4.74 Å². The van der Waals surface area contributed by atoms with Gasteiger partial charge in [0.1, 0.15) is 18.9 Å². The van der Waals surface area contributed by atoms with Crippen LogP contribution in [0.15, 0.2) is 47.2 Å². The molecule has 0 N–H and O–H groups in total. The van der Waals surface area contributed by atoms with Crippen molar-refractivity contribution in [3.05, 3.63) is 73.6 Å². The van der Waals surface area contributed by atoms with Crippen molar-refractivity contribution in [2.75, 3.05) is 26.2 Å². The van der Waals surface area contributed by atoms with Gasteiger partial charge in [-0.2, -0.15) is 0 Å². The number of carbonyl (C=O) groups excluding carboxylic acids is 2. The Bertz CT molecular complexity index is 1150. The lowest BCUT2D eigenvalue weighted by Gasteiger charge is -2.37. The Morgan fingerprint density at radius 2 is 2.00 bits per heavy atom. The summed E-state index contributed by atoms with van der Waals surface area (Å²) in [6.45, 7) is 10.0. The summed E-state index contributed by atoms with van der Waals surface area (Å²) in [5.74, 6) is 1.08. The molecule has 0 radical (unpaired) electrons. The molecule has 1 aromatic carbocycles. The average molecular weight is 511 g/mol. The van der Waals surface area contributed by atoms with E-state index in [1.807, 2.05) is 41.5 Å². The molecule has 35 heavy (non-hydrogen) atoms. The second-order valence-electron chi connectivity index (χ2n) is 9.41. The van der Waals surface area contributed by atoms with Crippen LogP contribution in [0.25, 0.3) is 0 Å². The summed E-state index contributed by atoms with van der Waals surface area (Å²) >= 11 is 3.16. The lowest BCUT2D eigenvalue weighted by molar-refractivity contribution is -0.135. The quantitative estimate of drug-likeness (QED) is 0.348. The van der Waals surface area contributed by atoms with Gasteiger partial charge in [0.05, 0.1) is 10.9 Å². The maximum atomic E-state index is 13.7. The highest BCUT2D eigenvalue weighted by Gasteiger charge is 2.34. The number of aryl methyl sites for hydroxylation is 2. The van der Waals surface area contributed by atoms with E-state index >= 15 is 0 Å². The summed E-state index contributed by atoms with van der Waals surface area (Å²) in [6.07, 6.45) is 1.79. The van der Waals surface area contributed by atoms with Crippen LogP contribution in [0.2, 0.25) is 0 Å². The second kappa shape index (κ2) is 11.4. The van der Waals surface area contributed by atoms with Crippen molar-refractivity contribution in [1.29, 1.82) is 0 Å². The number of benzene rings is 1. The molecule has 4 rings (SSSR count). The van der Waals surface area contributed by atoms with Crippen molar-refractivity contribution in [3.63, 3.8) is 0 Å². The van der Waals surface area contributed by atoms with Gasteiger partial charge in [0.25, 0.3) is 5.91 Å². The molecule has 0 aliphatic carbocycles. The van der Waals surface area contributed by atoms with Crippen LogP contribution in [-0.4, -0.2) is 47.9 Å². The van der Waals surface area contributed by atoms with Crippen LogP contribution < -0.4 is 4.74 Å². The molecule has 2 unspecified atom stereocenters. The van der Waals surface area contributed by atoms with Crippen molar-refractivity contribution < 1.29 is 14.3 Å². The molecule has 0 bridgehead atoms. The lowest BCUT2D eigenvalue weighted by Crippen LogP contribution is -2.48. The molecule has 3 heterocycles. The molecule has 1 aliphatic heterocycles. The van der Waals surface area contributed by atoms with Crippen LogP contribution in [0, 0.1) is 19.8 Å². The van der Waals surface area contributed by atoms with Crippen LogP contribution in [0.4, 0.5) is 0 Å². The van der Waals surface area contributed by atoms with Gasteiger partial charge in [-0.15, -0.1) is 22.7 Å². The van der Waals surface area contributed by atoms with E-state index in [9.17, 15) is 9.59 Å². The maximum absolute atomic E-state index is 13.7. The molecule has 5 nitrogen and oxygen atoms in total. The van der Waals surface area contributed by atoms with E-state index in [0.717, 1.165) is 29.7 Å². The zero-order valence-corrected chi connectivity index (χ0v) is 22.6. The smallest absolute Gasteiger partial charge is 0.264 e. The average Bonchev–Trinajstić information content (AvgIpc) is 3.54. The number of ether oxygens (including phenoxy) is 1. The first kappa shape index (κ1) is 25.5. The van der Waals surface area contributed by atoms with E-state index in [-0.39, 0.29) is 24.4 Å². The Hall–Kier alpha value is -2.64. The maximum Gasteiger partial charge on any atom is 0.264 e. The fourth-order valence-electron chi connectivity index (χ4n) is 4.54. The number of hydrogen-bond acceptors (Lipinski definition) is 5. The molecule has 0 fully saturated rings. The van der Waals surface area contributed by atoms with Crippen molar-refractivity contribution in [2.45, 2.75) is 46.6 Å². The molecule has 1 aliphatic rings. The van der Waals surface area contributed by atoms with Crippen molar-refractivity contribution in [1.82, 2.24) is 9.80 Å². The zero-order valence-electron chi connectivity index (χ0n) is 21.0. The number of fused-ring (bicyclic) bond motifs is 1. The number of hydrogen-bond donors (Lipinski definition) is 0. The minimum absolute atomic E-state index is 0.0238. The van der Waals surface area contributed by atoms with E-state index in [0.29, 0.717) is 30.5 Å². The van der Waals surface area contributed by atoms with Gasteiger partial charge in [-0.1, -0.05) is 44.0 Å². The summed E-state index contributed by atoms with van der Waals surface area (Å²) in [7, 11) is 0. The van der Waals surface area contributed by atoms with E-state index < -0.39 is 0 Å². The molecule has 186 valence electrons. The number of thiophene rings is 2. The van der Waals surface area contributed by atoms with E-state index in [2.05, 4.69) is 38.3 Å². The fraction of sp³-hybridized carbons (Fsp3) is 0.429. The van der Waals surface area contributed by atoms with Gasteiger partial charge in [0.15, 0.2) is 0 Å². The molecule has 0 spiro atoms. The molecule has 0 saturated carbocycles. The molecule has 0 saturated heterocycles. The molecule has 2 amide bonds. The first-order valence-electron chi connectivity index (χ1n) is 12.3. The Morgan fingerprint density at radius 3 is 2.71 bits per heavy atom. The van der Waals surface area contributed by atoms with Crippen LogP contribution in [-0.2, 0) is 11.2 Å². The minimum Gasteiger partial charge on any atom is -0.491 e. The highest BCUT2D eigenvalue weighted by molar-refractivity contribution is 7.12. The minimum atomic E-state index is -0.166. The first-order chi connectivity index (χ1) is 16.9. The predicted octanol–water partition coefficient (Wildman–Crippen LogP) is 6.12. The number of nitrogens with zero attached hydrogens (tertiary/aromatic N) is 2. The third-order valence-electron chi connectivity index (χ3n) is 6.72. The molecule has 3 aromatic rings. The lowest BCUT2D eigenvalue weighted by atomic mass is 10.00. The van der Waals surface area contributed by atoms with Crippen molar-refractivity contribution >= 4 is 34.5 Å². The third kappa shape index (κ3) is 5.96. The molecular formula is C28H34N2O3S2. The summed E-state index contributed by atoms with van der Waals surface area (Å²) in [6, 6.07) is 11.8. The molecule has 2 aromatic heterocycles. The van der Waals surface area contributed by atoms with Gasteiger partial charge >= 0.3 is 0 Å². The van der Waals surface area contributed by atoms with Gasteiger partial charge in [-0.05, 0) is 66.3 Å². The van der Waals surface area contributed by atoms with E-state index in [1.165, 1.54) is 21.8 Å². The molecule has 2 atom stereocenters. The Labute approximate surface area is 216 Å². The molecular weight excluding hydrogens is 476 g/mol. The van der Waals surface area contributed by atoms with Crippen LogP contribution >= 0.6 is 22.7 Å². The largest absolute Gasteiger partial charge is 0.491 e. The highest BCUT2D eigenvalue weighted by Crippen LogP contribution is 2.34. The number of carbonyl (C=O) groups is 2. The van der Waals surface area contributed by atoms with Gasteiger partial charge < -0.3 is 14.5 Å².